The number of methoxy groups -OCH3 is 1. The molecule has 2 nitrogen and oxygen atoms in total. The summed E-state index contributed by atoms with van der Waals surface area (Å²) in [6, 6.07) is 0.665. The van der Waals surface area contributed by atoms with E-state index in [0.717, 1.165) is 0 Å². The number of hydrogen-bond acceptors (Lipinski definition) is 2. The van der Waals surface area contributed by atoms with Crippen LogP contribution in [0.3, 0.4) is 0 Å². The van der Waals surface area contributed by atoms with E-state index in [1.165, 1.54) is 32.0 Å². The van der Waals surface area contributed by atoms with E-state index in [9.17, 15) is 0 Å². The molecule has 2 atom stereocenters. The van der Waals surface area contributed by atoms with Gasteiger partial charge in [0.1, 0.15) is 0 Å². The maximum Gasteiger partial charge on any atom is 0.0726 e. The zero-order chi connectivity index (χ0) is 10.6. The van der Waals surface area contributed by atoms with Gasteiger partial charge in [-0.05, 0) is 33.2 Å². The van der Waals surface area contributed by atoms with E-state index in [1.807, 2.05) is 7.11 Å². The van der Waals surface area contributed by atoms with Crippen LogP contribution in [0.5, 0.6) is 0 Å². The van der Waals surface area contributed by atoms with Crippen LogP contribution in [0.2, 0.25) is 0 Å². The van der Waals surface area contributed by atoms with Gasteiger partial charge in [0.05, 0.1) is 6.10 Å². The number of rotatable bonds is 4. The van der Waals surface area contributed by atoms with Crippen molar-refractivity contribution in [3.63, 3.8) is 0 Å². The second-order valence-corrected chi connectivity index (χ2v) is 7.05. The van der Waals surface area contributed by atoms with E-state index in [4.69, 9.17) is 4.74 Å². The first-order valence-corrected chi connectivity index (χ1v) is 7.95. The number of likely N-dealkylation sites (N-methyl/N-ethyl adjacent to an activating group) is 1. The molecule has 1 aliphatic rings. The molecule has 0 aromatic rings. The lowest BCUT2D eigenvalue weighted by atomic mass is 9.92. The summed E-state index contributed by atoms with van der Waals surface area (Å²) >= 11 is 0. The average Bonchev–Trinajstić information content (AvgIpc) is 2.16. The highest BCUT2D eigenvalue weighted by molar-refractivity contribution is 7.55. The summed E-state index contributed by atoms with van der Waals surface area (Å²) in [4.78, 5) is 2.51. The van der Waals surface area contributed by atoms with Crippen LogP contribution < -0.4 is 0 Å². The molecule has 0 aliphatic heterocycles. The van der Waals surface area contributed by atoms with Crippen molar-refractivity contribution in [2.75, 3.05) is 33.8 Å². The van der Waals surface area contributed by atoms with Crippen molar-refractivity contribution in [2.24, 2.45) is 0 Å². The fourth-order valence-electron chi connectivity index (χ4n) is 2.41. The van der Waals surface area contributed by atoms with Gasteiger partial charge < -0.3 is 4.74 Å². The third kappa shape index (κ3) is 3.49. The van der Waals surface area contributed by atoms with Crippen LogP contribution in [0.25, 0.3) is 0 Å². The molecule has 3 heteroatoms. The zero-order valence-corrected chi connectivity index (χ0v) is 10.9. The van der Waals surface area contributed by atoms with Crippen LogP contribution in [-0.2, 0) is 4.74 Å². The molecule has 1 aliphatic carbocycles. The Morgan fingerprint density at radius 3 is 2.50 bits per heavy atom. The summed E-state index contributed by atoms with van der Waals surface area (Å²) in [7, 11) is 4.29. The van der Waals surface area contributed by atoms with Gasteiger partial charge in [0.25, 0.3) is 0 Å². The normalized spacial score (nSPS) is 28.7. The molecule has 84 valence electrons. The Hall–Kier alpha value is 0.350. The van der Waals surface area contributed by atoms with Crippen molar-refractivity contribution in [1.82, 2.24) is 4.90 Å². The number of ether oxygens (including phenoxy) is 1. The Labute approximate surface area is 89.8 Å². The van der Waals surface area contributed by atoms with Gasteiger partial charge in [-0.2, -0.15) is 0 Å². The lowest BCUT2D eigenvalue weighted by molar-refractivity contribution is 0.00404. The molecule has 0 radical (unpaired) electrons. The molecule has 0 aromatic heterocycles. The van der Waals surface area contributed by atoms with Crippen molar-refractivity contribution in [1.29, 1.82) is 0 Å². The van der Waals surface area contributed by atoms with E-state index >= 15 is 0 Å². The zero-order valence-electron chi connectivity index (χ0n) is 9.99. The van der Waals surface area contributed by atoms with Crippen LogP contribution in [0, 0.1) is 0 Å². The Morgan fingerprint density at radius 2 is 1.93 bits per heavy atom. The molecule has 0 spiro atoms. The fourth-order valence-corrected chi connectivity index (χ4v) is 3.51. The number of nitrogens with zero attached hydrogens (tertiary/aromatic N) is 1. The molecule has 0 bridgehead atoms. The van der Waals surface area contributed by atoms with E-state index in [2.05, 4.69) is 25.3 Å². The quantitative estimate of drug-likeness (QED) is 0.671. The summed E-state index contributed by atoms with van der Waals surface area (Å²) in [5.74, 6) is 0. The van der Waals surface area contributed by atoms with Crippen molar-refractivity contribution >= 4 is 7.92 Å². The molecule has 0 saturated heterocycles. The predicted octanol–water partition coefficient (Wildman–Crippen LogP) is 2.57. The van der Waals surface area contributed by atoms with Gasteiger partial charge in [-0.15, -0.1) is 0 Å². The van der Waals surface area contributed by atoms with Crippen LogP contribution in [0.15, 0.2) is 0 Å². The Balaban J connectivity index is 2.45. The molecule has 1 rings (SSSR count). The van der Waals surface area contributed by atoms with Gasteiger partial charge in [0.2, 0.25) is 0 Å². The van der Waals surface area contributed by atoms with Gasteiger partial charge in [0, 0.05) is 19.4 Å². The van der Waals surface area contributed by atoms with Crippen molar-refractivity contribution in [3.05, 3.63) is 0 Å². The number of hydrogen-bond donors (Lipinski definition) is 0. The molecule has 1 fully saturated rings. The van der Waals surface area contributed by atoms with Crippen molar-refractivity contribution in [3.8, 4) is 0 Å². The maximum absolute atomic E-state index is 5.57. The SMILES string of the molecule is COC1CCCCC1N(C)CP(C)C. The van der Waals surface area contributed by atoms with Crippen LogP contribution >= 0.6 is 7.92 Å². The minimum absolute atomic E-state index is 0.182. The fraction of sp³-hybridized carbons (Fsp3) is 1.00. The lowest BCUT2D eigenvalue weighted by Crippen LogP contribution is -2.44. The first kappa shape index (κ1) is 12.4. The molecule has 0 aromatic carbocycles. The van der Waals surface area contributed by atoms with Gasteiger partial charge in [-0.25, -0.2) is 0 Å². The van der Waals surface area contributed by atoms with E-state index < -0.39 is 0 Å². The van der Waals surface area contributed by atoms with Gasteiger partial charge >= 0.3 is 0 Å². The molecule has 14 heavy (non-hydrogen) atoms. The van der Waals surface area contributed by atoms with Gasteiger partial charge in [-0.3, -0.25) is 4.90 Å². The highest BCUT2D eigenvalue weighted by atomic mass is 31.1. The monoisotopic (exact) mass is 217 g/mol. The standard InChI is InChI=1S/C11H24NOP/c1-12(9-14(3)4)10-7-5-6-8-11(10)13-2/h10-11H,5-9H2,1-4H3. The van der Waals surface area contributed by atoms with E-state index in [0.29, 0.717) is 12.1 Å². The third-order valence-electron chi connectivity index (χ3n) is 3.04. The van der Waals surface area contributed by atoms with E-state index in [1.54, 1.807) is 0 Å². The minimum atomic E-state index is 0.182. The smallest absolute Gasteiger partial charge is 0.0726 e. The molecule has 2 unspecified atom stereocenters. The van der Waals surface area contributed by atoms with Crippen LogP contribution in [0.4, 0.5) is 0 Å². The molecule has 0 N–H and O–H groups in total. The lowest BCUT2D eigenvalue weighted by Gasteiger charge is -2.37. The molecular weight excluding hydrogens is 193 g/mol. The summed E-state index contributed by atoms with van der Waals surface area (Å²) in [6.45, 7) is 4.69. The van der Waals surface area contributed by atoms with Gasteiger partial charge in [0.15, 0.2) is 0 Å². The average molecular weight is 217 g/mol. The molecule has 0 heterocycles. The second kappa shape index (κ2) is 6.05. The highest BCUT2D eigenvalue weighted by Crippen LogP contribution is 2.30. The summed E-state index contributed by atoms with van der Waals surface area (Å²) in [5, 5.41) is 0. The highest BCUT2D eigenvalue weighted by Gasteiger charge is 2.28. The maximum atomic E-state index is 5.57. The first-order valence-electron chi connectivity index (χ1n) is 5.53. The predicted molar refractivity (Wildman–Crippen MR) is 64.5 cm³/mol. The first-order chi connectivity index (χ1) is 6.65. The summed E-state index contributed by atoms with van der Waals surface area (Å²) in [5.41, 5.74) is 0. The largest absolute Gasteiger partial charge is 0.380 e. The van der Waals surface area contributed by atoms with Crippen molar-refractivity contribution in [2.45, 2.75) is 37.8 Å². The third-order valence-corrected chi connectivity index (χ3v) is 4.05. The van der Waals surface area contributed by atoms with Gasteiger partial charge in [-0.1, -0.05) is 20.8 Å². The van der Waals surface area contributed by atoms with Crippen LogP contribution in [0.1, 0.15) is 25.7 Å². The van der Waals surface area contributed by atoms with Crippen LogP contribution in [-0.4, -0.2) is 50.8 Å². The second-order valence-electron chi connectivity index (χ2n) is 4.60. The Morgan fingerprint density at radius 1 is 1.29 bits per heavy atom. The Bertz CT molecular complexity index is 163. The molecule has 0 amide bonds. The summed E-state index contributed by atoms with van der Waals surface area (Å²) < 4.78 is 5.57. The Kier molecular flexibility index (Phi) is 5.36. The molecular formula is C11H24NOP. The van der Waals surface area contributed by atoms with Crippen molar-refractivity contribution < 1.29 is 4.74 Å². The summed E-state index contributed by atoms with van der Waals surface area (Å²) in [6.07, 6.45) is 7.01. The minimum Gasteiger partial charge on any atom is -0.380 e. The topological polar surface area (TPSA) is 12.5 Å². The van der Waals surface area contributed by atoms with E-state index in [-0.39, 0.29) is 7.92 Å². The molecule has 1 saturated carbocycles.